The Morgan fingerprint density at radius 1 is 0.964 bits per heavy atom. The highest BCUT2D eigenvalue weighted by Gasteiger charge is 2.24. The molecule has 0 bridgehead atoms. The van der Waals surface area contributed by atoms with Crippen LogP contribution in [0.3, 0.4) is 0 Å². The second-order valence-corrected chi connectivity index (χ2v) is 6.95. The molecule has 150 valence electrons. The monoisotopic (exact) mass is 404 g/mol. The Bertz CT molecular complexity index is 835. The van der Waals surface area contributed by atoms with Crippen molar-refractivity contribution >= 4 is 23.2 Å². The molecule has 1 aliphatic heterocycles. The van der Waals surface area contributed by atoms with Crippen molar-refractivity contribution in [1.82, 2.24) is 4.90 Å². The Morgan fingerprint density at radius 2 is 1.68 bits per heavy atom. The Morgan fingerprint density at radius 3 is 2.29 bits per heavy atom. The summed E-state index contributed by atoms with van der Waals surface area (Å²) in [5, 5.41) is 0.719. The molecule has 1 heterocycles. The van der Waals surface area contributed by atoms with Crippen molar-refractivity contribution in [3.8, 4) is 17.2 Å². The molecule has 2 aromatic rings. The van der Waals surface area contributed by atoms with Crippen LogP contribution in [-0.2, 0) is 11.2 Å². The number of carbonyl (C=O) groups is 1. The van der Waals surface area contributed by atoms with Gasteiger partial charge in [-0.05, 0) is 24.3 Å². The van der Waals surface area contributed by atoms with Crippen LogP contribution in [0.15, 0.2) is 36.4 Å². The number of hydrogen-bond donors (Lipinski definition) is 0. The maximum atomic E-state index is 12.8. The van der Waals surface area contributed by atoms with Crippen LogP contribution in [-0.4, -0.2) is 58.3 Å². The van der Waals surface area contributed by atoms with Crippen molar-refractivity contribution in [3.63, 3.8) is 0 Å². The first-order chi connectivity index (χ1) is 13.6. The minimum atomic E-state index is 0.0660. The Hall–Kier alpha value is -2.60. The van der Waals surface area contributed by atoms with Gasteiger partial charge in [-0.3, -0.25) is 4.79 Å². The van der Waals surface area contributed by atoms with Crippen LogP contribution >= 0.6 is 11.6 Å². The fraction of sp³-hybridized carbons (Fsp3) is 0.381. The van der Waals surface area contributed by atoms with Gasteiger partial charge in [-0.1, -0.05) is 23.7 Å². The number of methoxy groups -OCH3 is 3. The first kappa shape index (κ1) is 20.1. The molecule has 28 heavy (non-hydrogen) atoms. The molecule has 0 aliphatic carbocycles. The van der Waals surface area contributed by atoms with Crippen LogP contribution < -0.4 is 19.1 Å². The first-order valence-electron chi connectivity index (χ1n) is 9.13. The van der Waals surface area contributed by atoms with Crippen molar-refractivity contribution in [1.29, 1.82) is 0 Å². The van der Waals surface area contributed by atoms with Crippen LogP contribution in [0.1, 0.15) is 5.56 Å². The molecular formula is C21H25ClN2O4. The number of hydrogen-bond acceptors (Lipinski definition) is 5. The number of halogens is 1. The smallest absolute Gasteiger partial charge is 0.227 e. The largest absolute Gasteiger partial charge is 0.493 e. The summed E-state index contributed by atoms with van der Waals surface area (Å²) in [5.41, 5.74) is 1.86. The van der Waals surface area contributed by atoms with Crippen molar-refractivity contribution in [2.24, 2.45) is 0 Å². The summed E-state index contributed by atoms with van der Waals surface area (Å²) in [6, 6.07) is 11.4. The van der Waals surface area contributed by atoms with E-state index in [9.17, 15) is 4.79 Å². The van der Waals surface area contributed by atoms with Crippen molar-refractivity contribution in [2.75, 3.05) is 52.4 Å². The summed E-state index contributed by atoms with van der Waals surface area (Å²) in [4.78, 5) is 17.0. The predicted octanol–water partition coefficient (Wildman–Crippen LogP) is 3.26. The van der Waals surface area contributed by atoms with Crippen molar-refractivity contribution in [3.05, 3.63) is 47.0 Å². The fourth-order valence-electron chi connectivity index (χ4n) is 3.46. The average molecular weight is 405 g/mol. The topological polar surface area (TPSA) is 51.2 Å². The van der Waals surface area contributed by atoms with E-state index < -0.39 is 0 Å². The molecule has 7 heteroatoms. The van der Waals surface area contributed by atoms with E-state index in [1.54, 1.807) is 27.4 Å². The highest BCUT2D eigenvalue weighted by molar-refractivity contribution is 6.30. The lowest BCUT2D eigenvalue weighted by molar-refractivity contribution is -0.130. The average Bonchev–Trinajstić information content (AvgIpc) is 2.73. The van der Waals surface area contributed by atoms with Crippen molar-refractivity contribution in [2.45, 2.75) is 6.42 Å². The number of piperazine rings is 1. The number of nitrogens with zero attached hydrogens (tertiary/aromatic N) is 2. The van der Waals surface area contributed by atoms with E-state index in [2.05, 4.69) is 4.90 Å². The highest BCUT2D eigenvalue weighted by atomic mass is 35.5. The lowest BCUT2D eigenvalue weighted by Crippen LogP contribution is -2.49. The Kier molecular flexibility index (Phi) is 6.52. The number of benzene rings is 2. The van der Waals surface area contributed by atoms with Crippen LogP contribution in [0.25, 0.3) is 0 Å². The van der Waals surface area contributed by atoms with Gasteiger partial charge in [0.15, 0.2) is 11.5 Å². The van der Waals surface area contributed by atoms with Gasteiger partial charge in [-0.2, -0.15) is 0 Å². The summed E-state index contributed by atoms with van der Waals surface area (Å²) < 4.78 is 16.2. The Labute approximate surface area is 170 Å². The predicted molar refractivity (Wildman–Crippen MR) is 110 cm³/mol. The molecule has 0 unspecified atom stereocenters. The lowest BCUT2D eigenvalue weighted by atomic mass is 10.1. The molecule has 1 fully saturated rings. The summed E-state index contributed by atoms with van der Waals surface area (Å²) >= 11 is 6.09. The molecule has 0 atom stereocenters. The number of anilines is 1. The molecule has 1 saturated heterocycles. The third-order valence-electron chi connectivity index (χ3n) is 4.93. The molecule has 0 saturated carbocycles. The molecule has 0 radical (unpaired) electrons. The summed E-state index contributed by atoms with van der Waals surface area (Å²) in [6.07, 6.45) is 0.251. The number of carbonyl (C=O) groups excluding carboxylic acids is 1. The van der Waals surface area contributed by atoms with E-state index in [0.29, 0.717) is 30.3 Å². The van der Waals surface area contributed by atoms with Gasteiger partial charge >= 0.3 is 0 Å². The zero-order valence-corrected chi connectivity index (χ0v) is 17.2. The van der Waals surface area contributed by atoms with Crippen LogP contribution in [0.2, 0.25) is 5.02 Å². The molecule has 0 aromatic heterocycles. The molecular weight excluding hydrogens is 380 g/mol. The third-order valence-corrected chi connectivity index (χ3v) is 5.17. The first-order valence-corrected chi connectivity index (χ1v) is 9.51. The normalized spacial score (nSPS) is 14.0. The van der Waals surface area contributed by atoms with Gasteiger partial charge in [0, 0.05) is 42.5 Å². The van der Waals surface area contributed by atoms with E-state index in [1.807, 2.05) is 35.2 Å². The summed E-state index contributed by atoms with van der Waals surface area (Å²) in [7, 11) is 4.69. The molecule has 2 aromatic carbocycles. The Balaban J connectivity index is 1.66. The van der Waals surface area contributed by atoms with Gasteiger partial charge in [0.2, 0.25) is 11.7 Å². The van der Waals surface area contributed by atoms with Crippen LogP contribution in [0, 0.1) is 0 Å². The third kappa shape index (κ3) is 4.28. The van der Waals surface area contributed by atoms with E-state index in [0.717, 1.165) is 29.4 Å². The summed E-state index contributed by atoms with van der Waals surface area (Å²) in [6.45, 7) is 2.88. The number of amides is 1. The maximum absolute atomic E-state index is 12.8. The summed E-state index contributed by atoms with van der Waals surface area (Å²) in [5.74, 6) is 1.68. The quantitative estimate of drug-likeness (QED) is 0.739. The second-order valence-electron chi connectivity index (χ2n) is 6.52. The minimum Gasteiger partial charge on any atom is -0.493 e. The van der Waals surface area contributed by atoms with Gasteiger partial charge in [0.25, 0.3) is 0 Å². The molecule has 0 spiro atoms. The van der Waals surface area contributed by atoms with Gasteiger partial charge in [-0.25, -0.2) is 0 Å². The van der Waals surface area contributed by atoms with E-state index in [-0.39, 0.29) is 12.3 Å². The zero-order chi connectivity index (χ0) is 20.1. The maximum Gasteiger partial charge on any atom is 0.227 e. The van der Waals surface area contributed by atoms with E-state index in [1.165, 1.54) is 0 Å². The standard InChI is InChI=1S/C21H25ClN2O4/c1-26-18-8-7-15(20(27-2)21(18)28-3)13-19(25)24-11-9-23(10-12-24)17-6-4-5-16(22)14-17/h4-8,14H,9-13H2,1-3H3. The van der Waals surface area contributed by atoms with Gasteiger partial charge in [0.1, 0.15) is 0 Å². The van der Waals surface area contributed by atoms with Gasteiger partial charge < -0.3 is 24.0 Å². The highest BCUT2D eigenvalue weighted by Crippen LogP contribution is 2.40. The molecule has 3 rings (SSSR count). The number of ether oxygens (including phenoxy) is 3. The van der Waals surface area contributed by atoms with Crippen LogP contribution in [0.4, 0.5) is 5.69 Å². The molecule has 1 aliphatic rings. The fourth-order valence-corrected chi connectivity index (χ4v) is 3.65. The van der Waals surface area contributed by atoms with E-state index >= 15 is 0 Å². The number of rotatable bonds is 6. The van der Waals surface area contributed by atoms with Crippen LogP contribution in [0.5, 0.6) is 17.2 Å². The second kappa shape index (κ2) is 9.06. The molecule has 6 nitrogen and oxygen atoms in total. The minimum absolute atomic E-state index is 0.0660. The molecule has 1 amide bonds. The molecule has 0 N–H and O–H groups in total. The van der Waals surface area contributed by atoms with Gasteiger partial charge in [-0.15, -0.1) is 0 Å². The SMILES string of the molecule is COc1ccc(CC(=O)N2CCN(c3cccc(Cl)c3)CC2)c(OC)c1OC. The lowest BCUT2D eigenvalue weighted by Gasteiger charge is -2.36. The van der Waals surface area contributed by atoms with E-state index in [4.69, 9.17) is 25.8 Å². The van der Waals surface area contributed by atoms with Crippen molar-refractivity contribution < 1.29 is 19.0 Å². The van der Waals surface area contributed by atoms with Gasteiger partial charge in [0.05, 0.1) is 27.8 Å². The zero-order valence-electron chi connectivity index (χ0n) is 16.4.